The Morgan fingerprint density at radius 2 is 1.78 bits per heavy atom. The van der Waals surface area contributed by atoms with Crippen molar-refractivity contribution in [3.8, 4) is 11.5 Å². The first-order valence-electron chi connectivity index (χ1n) is 16.4. The zero-order valence-corrected chi connectivity index (χ0v) is 29.3. The molecule has 2 unspecified atom stereocenters. The highest BCUT2D eigenvalue weighted by Gasteiger charge is 2.42. The summed E-state index contributed by atoms with van der Waals surface area (Å²) in [6, 6.07) is 13.8. The average Bonchev–Trinajstić information content (AvgIpc) is 3.50. The second kappa shape index (κ2) is 14.6. The largest absolute Gasteiger partial charge is 0.497 e. The fraction of sp³-hybridized carbons (Fsp3) is 0.405. The molecule has 0 bridgehead atoms. The molecule has 0 radical (unpaired) electrons. The molecule has 1 fully saturated rings. The summed E-state index contributed by atoms with van der Waals surface area (Å²) in [7, 11) is 7.06. The summed E-state index contributed by atoms with van der Waals surface area (Å²) in [5, 5.41) is 0. The van der Waals surface area contributed by atoms with Crippen LogP contribution in [0.5, 0.6) is 11.5 Å². The van der Waals surface area contributed by atoms with Crippen LogP contribution in [0.2, 0.25) is 0 Å². The maximum absolute atomic E-state index is 16.0. The van der Waals surface area contributed by atoms with Gasteiger partial charge in [-0.05, 0) is 118 Å². The van der Waals surface area contributed by atoms with E-state index in [1.165, 1.54) is 30.6 Å². The summed E-state index contributed by atoms with van der Waals surface area (Å²) in [5.74, 6) is 0.149. The van der Waals surface area contributed by atoms with E-state index in [1.807, 2.05) is 25.1 Å². The Morgan fingerprint density at radius 3 is 2.44 bits per heavy atom. The standard InChI is InChI=1S/C37H40F5N5O2S/c1-45(2)36(20-25-7-6-24-8-10-27(16-30(24)25)37(40,41)42)13-5-15-46(22-36)28-17-31(38)35(32(39)18-28)50-47(34-12-14-43-23-44-34)21-26-9-11-29(48-3)19-33(26)49-4/h8-12,14,16-19,23,25H,5-7,13,15,20-22H2,1-4H3. The second-order valence-electron chi connectivity index (χ2n) is 13.1. The van der Waals surface area contributed by atoms with Crippen molar-refractivity contribution in [2.45, 2.75) is 61.2 Å². The number of nitrogens with zero attached hydrogens (tertiary/aromatic N) is 5. The molecule has 50 heavy (non-hydrogen) atoms. The van der Waals surface area contributed by atoms with E-state index in [2.05, 4.69) is 14.9 Å². The molecule has 7 nitrogen and oxygen atoms in total. The molecule has 4 aromatic rings. The molecule has 0 saturated carbocycles. The van der Waals surface area contributed by atoms with E-state index in [9.17, 15) is 13.2 Å². The number of rotatable bonds is 11. The maximum Gasteiger partial charge on any atom is 0.416 e. The molecule has 1 saturated heterocycles. The van der Waals surface area contributed by atoms with Gasteiger partial charge in [0.15, 0.2) is 0 Å². The van der Waals surface area contributed by atoms with Gasteiger partial charge in [-0.15, -0.1) is 0 Å². The van der Waals surface area contributed by atoms with E-state index in [0.29, 0.717) is 42.5 Å². The molecule has 2 aliphatic rings. The van der Waals surface area contributed by atoms with Crippen molar-refractivity contribution in [1.82, 2.24) is 14.9 Å². The third-order valence-corrected chi connectivity index (χ3v) is 11.1. The second-order valence-corrected chi connectivity index (χ2v) is 14.1. The first kappa shape index (κ1) is 35.7. The molecule has 3 aromatic carbocycles. The first-order valence-corrected chi connectivity index (χ1v) is 17.2. The number of anilines is 2. The SMILES string of the molecule is COc1ccc(CN(Sc2c(F)cc(N3CCCC(CC4CCc5ccc(C(F)(F)F)cc54)(N(C)C)C3)cc2F)c2ccncn2)c(OC)c1. The molecule has 6 rings (SSSR count). The molecule has 13 heteroatoms. The van der Waals surface area contributed by atoms with Crippen LogP contribution in [0, 0.1) is 11.6 Å². The lowest BCUT2D eigenvalue weighted by Gasteiger charge is -2.49. The quantitative estimate of drug-likeness (QED) is 0.113. The van der Waals surface area contributed by atoms with Gasteiger partial charge in [0.1, 0.15) is 40.2 Å². The van der Waals surface area contributed by atoms with E-state index in [4.69, 9.17) is 9.47 Å². The lowest BCUT2D eigenvalue weighted by molar-refractivity contribution is -0.137. The first-order chi connectivity index (χ1) is 23.9. The highest BCUT2D eigenvalue weighted by molar-refractivity contribution is 8.00. The van der Waals surface area contributed by atoms with E-state index in [-0.39, 0.29) is 17.4 Å². The Morgan fingerprint density at radius 1 is 1.00 bits per heavy atom. The minimum absolute atomic E-state index is 0.0426. The number of hydrogen-bond acceptors (Lipinski definition) is 8. The van der Waals surface area contributed by atoms with E-state index < -0.39 is 28.9 Å². The monoisotopic (exact) mass is 713 g/mol. The van der Waals surface area contributed by atoms with Crippen LogP contribution in [0.1, 0.15) is 53.9 Å². The van der Waals surface area contributed by atoms with Crippen LogP contribution in [0.25, 0.3) is 0 Å². The van der Waals surface area contributed by atoms with Gasteiger partial charge >= 0.3 is 6.18 Å². The number of methoxy groups -OCH3 is 2. The van der Waals surface area contributed by atoms with Gasteiger partial charge in [0, 0.05) is 42.1 Å². The van der Waals surface area contributed by atoms with Crippen LogP contribution in [0.15, 0.2) is 72.0 Å². The molecule has 1 aromatic heterocycles. The van der Waals surface area contributed by atoms with Crippen molar-refractivity contribution in [2.24, 2.45) is 0 Å². The summed E-state index contributed by atoms with van der Waals surface area (Å²) in [5.41, 5.74) is 1.87. The molecular formula is C37H40F5N5O2S. The minimum Gasteiger partial charge on any atom is -0.497 e. The number of aryl methyl sites for hydroxylation is 1. The molecular weight excluding hydrogens is 673 g/mol. The number of benzene rings is 3. The Labute approximate surface area is 293 Å². The predicted molar refractivity (Wildman–Crippen MR) is 185 cm³/mol. The maximum atomic E-state index is 16.0. The fourth-order valence-electron chi connectivity index (χ4n) is 7.24. The minimum atomic E-state index is -4.41. The van der Waals surface area contributed by atoms with Crippen molar-refractivity contribution in [2.75, 3.05) is 50.6 Å². The molecule has 0 amide bonds. The van der Waals surface area contributed by atoms with Gasteiger partial charge in [-0.2, -0.15) is 13.2 Å². The average molecular weight is 714 g/mol. The molecule has 2 heterocycles. The highest BCUT2D eigenvalue weighted by Crippen LogP contribution is 2.45. The van der Waals surface area contributed by atoms with Gasteiger partial charge in [0.05, 0.1) is 26.3 Å². The number of aromatic nitrogens is 2. The Balaban J connectivity index is 1.25. The molecule has 2 atom stereocenters. The van der Waals surface area contributed by atoms with Crippen molar-refractivity contribution in [3.63, 3.8) is 0 Å². The summed E-state index contributed by atoms with van der Waals surface area (Å²) in [4.78, 5) is 12.3. The van der Waals surface area contributed by atoms with Crippen LogP contribution in [0.4, 0.5) is 33.5 Å². The van der Waals surface area contributed by atoms with Gasteiger partial charge < -0.3 is 19.3 Å². The van der Waals surface area contributed by atoms with Crippen molar-refractivity contribution >= 4 is 23.5 Å². The zero-order valence-electron chi connectivity index (χ0n) is 28.4. The van der Waals surface area contributed by atoms with E-state index in [0.717, 1.165) is 54.3 Å². The topological polar surface area (TPSA) is 54.0 Å². The number of hydrogen-bond donors (Lipinski definition) is 0. The Kier molecular flexibility index (Phi) is 10.5. The lowest BCUT2D eigenvalue weighted by atomic mass is 9.77. The number of likely N-dealkylation sites (N-methyl/N-ethyl adjacent to an activating group) is 1. The summed E-state index contributed by atoms with van der Waals surface area (Å²) in [6.07, 6.45) is 2.27. The van der Waals surface area contributed by atoms with Gasteiger partial charge in [0.2, 0.25) is 0 Å². The van der Waals surface area contributed by atoms with E-state index in [1.54, 1.807) is 49.0 Å². The normalized spacial score (nSPS) is 19.1. The number of alkyl halides is 3. The number of fused-ring (bicyclic) bond motifs is 1. The molecule has 1 aliphatic carbocycles. The number of ether oxygens (including phenoxy) is 2. The smallest absolute Gasteiger partial charge is 0.416 e. The van der Waals surface area contributed by atoms with Gasteiger partial charge in [0.25, 0.3) is 0 Å². The van der Waals surface area contributed by atoms with Crippen LogP contribution in [-0.4, -0.2) is 61.8 Å². The van der Waals surface area contributed by atoms with Crippen molar-refractivity contribution in [1.29, 1.82) is 0 Å². The van der Waals surface area contributed by atoms with Crippen molar-refractivity contribution in [3.05, 3.63) is 101 Å². The third-order valence-electron chi connectivity index (χ3n) is 9.99. The predicted octanol–water partition coefficient (Wildman–Crippen LogP) is 8.53. The van der Waals surface area contributed by atoms with Crippen LogP contribution >= 0.6 is 11.9 Å². The fourth-order valence-corrected chi connectivity index (χ4v) is 8.15. The van der Waals surface area contributed by atoms with Crippen LogP contribution in [0.3, 0.4) is 0 Å². The Hall–Kier alpha value is -4.10. The molecule has 0 spiro atoms. The zero-order chi connectivity index (χ0) is 35.6. The van der Waals surface area contributed by atoms with Crippen molar-refractivity contribution < 1.29 is 31.4 Å². The molecule has 1 aliphatic heterocycles. The lowest BCUT2D eigenvalue weighted by Crippen LogP contribution is -2.57. The third kappa shape index (κ3) is 7.48. The summed E-state index contributed by atoms with van der Waals surface area (Å²) in [6.45, 7) is 1.30. The van der Waals surface area contributed by atoms with Gasteiger partial charge in [-0.25, -0.2) is 18.7 Å². The van der Waals surface area contributed by atoms with Gasteiger partial charge in [-0.3, -0.25) is 4.31 Å². The highest BCUT2D eigenvalue weighted by atomic mass is 32.2. The van der Waals surface area contributed by atoms with Gasteiger partial charge in [-0.1, -0.05) is 6.07 Å². The molecule has 266 valence electrons. The number of halogens is 5. The number of piperidine rings is 1. The van der Waals surface area contributed by atoms with Crippen LogP contribution in [-0.2, 0) is 19.1 Å². The molecule has 0 N–H and O–H groups in total. The van der Waals surface area contributed by atoms with Crippen LogP contribution < -0.4 is 18.7 Å². The summed E-state index contributed by atoms with van der Waals surface area (Å²) < 4.78 is 85.4. The van der Waals surface area contributed by atoms with E-state index >= 15 is 8.78 Å². The Bertz CT molecular complexity index is 1790. The summed E-state index contributed by atoms with van der Waals surface area (Å²) >= 11 is 0.896.